The molecule has 104 valence electrons. The van der Waals surface area contributed by atoms with Crippen LogP contribution in [0.2, 0.25) is 0 Å². The van der Waals surface area contributed by atoms with Crippen LogP contribution in [0.15, 0.2) is 0 Å². The first-order chi connectivity index (χ1) is 8.36. The number of ether oxygens (including phenoxy) is 2. The van der Waals surface area contributed by atoms with Gasteiger partial charge in [-0.2, -0.15) is 4.31 Å². The molecule has 0 bridgehead atoms. The summed E-state index contributed by atoms with van der Waals surface area (Å²) >= 11 is 0. The minimum Gasteiger partial charge on any atom is -0.468 e. The summed E-state index contributed by atoms with van der Waals surface area (Å²) in [6.45, 7) is 1.46. The van der Waals surface area contributed by atoms with E-state index in [4.69, 9.17) is 0 Å². The summed E-state index contributed by atoms with van der Waals surface area (Å²) in [7, 11) is -1.57. The molecular weight excluding hydrogens is 262 g/mol. The second-order valence-electron chi connectivity index (χ2n) is 4.00. The van der Waals surface area contributed by atoms with E-state index in [0.717, 1.165) is 11.4 Å². The molecule has 7 nitrogen and oxygen atoms in total. The van der Waals surface area contributed by atoms with Crippen LogP contribution in [0, 0.1) is 0 Å². The fourth-order valence-corrected chi connectivity index (χ4v) is 3.58. The van der Waals surface area contributed by atoms with E-state index in [2.05, 4.69) is 9.47 Å². The molecule has 2 atom stereocenters. The molecule has 1 heterocycles. The number of carbonyl (C=O) groups excluding carboxylic acids is 2. The van der Waals surface area contributed by atoms with Gasteiger partial charge in [-0.05, 0) is 19.8 Å². The van der Waals surface area contributed by atoms with Crippen LogP contribution in [0.3, 0.4) is 0 Å². The van der Waals surface area contributed by atoms with Gasteiger partial charge in [0.2, 0.25) is 10.0 Å². The molecule has 1 fully saturated rings. The summed E-state index contributed by atoms with van der Waals surface area (Å²) in [4.78, 5) is 22.8. The van der Waals surface area contributed by atoms with E-state index < -0.39 is 33.3 Å². The first kappa shape index (κ1) is 14.9. The molecule has 0 aromatic rings. The lowest BCUT2D eigenvalue weighted by Gasteiger charge is -2.24. The fourth-order valence-electron chi connectivity index (χ4n) is 1.91. The van der Waals surface area contributed by atoms with Crippen molar-refractivity contribution in [3.05, 3.63) is 0 Å². The van der Waals surface area contributed by atoms with Gasteiger partial charge in [0.1, 0.15) is 6.04 Å². The van der Waals surface area contributed by atoms with E-state index in [1.165, 1.54) is 14.0 Å². The van der Waals surface area contributed by atoms with Crippen molar-refractivity contribution < 1.29 is 27.5 Å². The first-order valence-electron chi connectivity index (χ1n) is 5.52. The van der Waals surface area contributed by atoms with Crippen molar-refractivity contribution in [3.63, 3.8) is 0 Å². The van der Waals surface area contributed by atoms with E-state index in [-0.39, 0.29) is 6.54 Å². The second-order valence-corrected chi connectivity index (χ2v) is 6.21. The lowest BCUT2D eigenvalue weighted by molar-refractivity contribution is -0.144. The third kappa shape index (κ3) is 2.64. The van der Waals surface area contributed by atoms with Gasteiger partial charge in [-0.3, -0.25) is 9.59 Å². The largest absolute Gasteiger partial charge is 0.468 e. The summed E-state index contributed by atoms with van der Waals surface area (Å²) in [5.41, 5.74) is 0. The highest BCUT2D eigenvalue weighted by atomic mass is 32.2. The van der Waals surface area contributed by atoms with Gasteiger partial charge < -0.3 is 9.47 Å². The highest BCUT2D eigenvalue weighted by Gasteiger charge is 2.44. The molecule has 1 aliphatic rings. The lowest BCUT2D eigenvalue weighted by Crippen LogP contribution is -2.47. The summed E-state index contributed by atoms with van der Waals surface area (Å²) in [6.07, 6.45) is 0.965. The molecule has 1 aliphatic heterocycles. The quantitative estimate of drug-likeness (QED) is 0.645. The fraction of sp³-hybridized carbons (Fsp3) is 0.800. The van der Waals surface area contributed by atoms with Gasteiger partial charge in [-0.15, -0.1) is 0 Å². The van der Waals surface area contributed by atoms with Gasteiger partial charge in [0.25, 0.3) is 0 Å². The molecular formula is C10H17NO6S. The van der Waals surface area contributed by atoms with Gasteiger partial charge in [-0.1, -0.05) is 0 Å². The minimum atomic E-state index is -3.90. The summed E-state index contributed by atoms with van der Waals surface area (Å²) in [5, 5.41) is -1.33. The van der Waals surface area contributed by atoms with E-state index >= 15 is 0 Å². The van der Waals surface area contributed by atoms with Crippen molar-refractivity contribution in [1.82, 2.24) is 4.31 Å². The molecule has 0 amide bonds. The van der Waals surface area contributed by atoms with Crippen molar-refractivity contribution in [1.29, 1.82) is 0 Å². The van der Waals surface area contributed by atoms with Crippen molar-refractivity contribution in [2.45, 2.75) is 31.1 Å². The highest BCUT2D eigenvalue weighted by molar-refractivity contribution is 7.90. The summed E-state index contributed by atoms with van der Waals surface area (Å²) in [6, 6.07) is -0.841. The van der Waals surface area contributed by atoms with E-state index in [1.807, 2.05) is 0 Å². The number of sulfonamides is 1. The Balaban J connectivity index is 2.97. The number of carbonyl (C=O) groups is 2. The van der Waals surface area contributed by atoms with Crippen LogP contribution in [-0.2, 0) is 29.1 Å². The highest BCUT2D eigenvalue weighted by Crippen LogP contribution is 2.24. The molecule has 1 saturated heterocycles. The van der Waals surface area contributed by atoms with E-state index in [0.29, 0.717) is 12.8 Å². The Kier molecular flexibility index (Phi) is 4.69. The van der Waals surface area contributed by atoms with Gasteiger partial charge in [0.15, 0.2) is 5.25 Å². The maximum Gasteiger partial charge on any atom is 0.325 e. The molecule has 8 heteroatoms. The van der Waals surface area contributed by atoms with Gasteiger partial charge in [0.05, 0.1) is 14.2 Å². The van der Waals surface area contributed by atoms with Crippen molar-refractivity contribution in [2.75, 3.05) is 20.8 Å². The third-order valence-corrected chi connectivity index (χ3v) is 5.16. The van der Waals surface area contributed by atoms with Crippen LogP contribution in [0.5, 0.6) is 0 Å². The number of esters is 2. The number of nitrogens with zero attached hydrogens (tertiary/aromatic N) is 1. The molecule has 0 saturated carbocycles. The van der Waals surface area contributed by atoms with Crippen LogP contribution in [0.1, 0.15) is 19.8 Å². The molecule has 0 aromatic heterocycles. The Morgan fingerprint density at radius 3 is 2.39 bits per heavy atom. The Morgan fingerprint density at radius 2 is 1.89 bits per heavy atom. The smallest absolute Gasteiger partial charge is 0.325 e. The summed E-state index contributed by atoms with van der Waals surface area (Å²) in [5.74, 6) is -1.45. The van der Waals surface area contributed by atoms with Crippen molar-refractivity contribution >= 4 is 22.0 Å². The standard InChI is InChI=1S/C10H17NO6S/c1-7(9(12)16-2)18(14,15)11-6-4-5-8(11)10(13)17-3/h7-8H,4-6H2,1-3H3. The maximum absolute atomic E-state index is 12.2. The topological polar surface area (TPSA) is 90.0 Å². The summed E-state index contributed by atoms with van der Waals surface area (Å²) < 4.78 is 34.4. The molecule has 0 aliphatic carbocycles. The van der Waals surface area contributed by atoms with Crippen LogP contribution < -0.4 is 0 Å². The van der Waals surface area contributed by atoms with Crippen LogP contribution >= 0.6 is 0 Å². The lowest BCUT2D eigenvalue weighted by atomic mass is 10.2. The molecule has 0 spiro atoms. The zero-order valence-corrected chi connectivity index (χ0v) is 11.4. The monoisotopic (exact) mass is 279 g/mol. The van der Waals surface area contributed by atoms with Crippen LogP contribution in [-0.4, -0.2) is 56.7 Å². The number of rotatable bonds is 4. The average Bonchev–Trinajstić information content (AvgIpc) is 2.85. The minimum absolute atomic E-state index is 0.212. The second kappa shape index (κ2) is 5.66. The van der Waals surface area contributed by atoms with Gasteiger partial charge in [0, 0.05) is 6.54 Å². The molecule has 2 unspecified atom stereocenters. The number of hydrogen-bond donors (Lipinski definition) is 0. The predicted molar refractivity (Wildman–Crippen MR) is 62.1 cm³/mol. The Labute approximate surface area is 106 Å². The normalized spacial score (nSPS) is 22.5. The Bertz CT molecular complexity index is 432. The van der Waals surface area contributed by atoms with Crippen molar-refractivity contribution in [3.8, 4) is 0 Å². The SMILES string of the molecule is COC(=O)C1CCCN1S(=O)(=O)C(C)C(=O)OC. The third-order valence-electron chi connectivity index (χ3n) is 2.98. The predicted octanol–water partition coefficient (Wildman–Crippen LogP) is -0.485. The van der Waals surface area contributed by atoms with Crippen LogP contribution in [0.25, 0.3) is 0 Å². The first-order valence-corrected chi connectivity index (χ1v) is 7.03. The average molecular weight is 279 g/mol. The number of hydrogen-bond acceptors (Lipinski definition) is 6. The Morgan fingerprint density at radius 1 is 1.28 bits per heavy atom. The molecule has 18 heavy (non-hydrogen) atoms. The molecule has 0 aromatic carbocycles. The van der Waals surface area contributed by atoms with Crippen LogP contribution in [0.4, 0.5) is 0 Å². The van der Waals surface area contributed by atoms with Gasteiger partial charge >= 0.3 is 11.9 Å². The Hall–Kier alpha value is -1.15. The van der Waals surface area contributed by atoms with Gasteiger partial charge in [-0.25, -0.2) is 8.42 Å². The zero-order valence-electron chi connectivity index (χ0n) is 10.6. The molecule has 0 N–H and O–H groups in total. The molecule has 1 rings (SSSR count). The van der Waals surface area contributed by atoms with Crippen molar-refractivity contribution in [2.24, 2.45) is 0 Å². The molecule has 0 radical (unpaired) electrons. The van der Waals surface area contributed by atoms with E-state index in [1.54, 1.807) is 0 Å². The number of methoxy groups -OCH3 is 2. The maximum atomic E-state index is 12.2. The van der Waals surface area contributed by atoms with E-state index in [9.17, 15) is 18.0 Å². The zero-order chi connectivity index (χ0) is 13.9.